The van der Waals surface area contributed by atoms with Crippen molar-refractivity contribution in [3.05, 3.63) is 0 Å². The van der Waals surface area contributed by atoms with Crippen LogP contribution in [-0.4, -0.2) is 97.2 Å². The second-order valence-corrected chi connectivity index (χ2v) is 24.7. The summed E-state index contributed by atoms with van der Waals surface area (Å²) >= 11 is 0. The molecule has 7 aliphatic carbocycles. The first-order chi connectivity index (χ1) is 28.7. The number of rotatable bonds is 9. The van der Waals surface area contributed by atoms with Crippen LogP contribution in [0.25, 0.3) is 0 Å². The number of morpholine rings is 1. The number of carbonyl (C=O) groups excluding carboxylic acids is 3. The average Bonchev–Trinajstić information content (AvgIpc) is 3.83. The monoisotopic (exact) mass is 848 g/mol. The van der Waals surface area contributed by atoms with Crippen molar-refractivity contribution in [3.63, 3.8) is 0 Å². The number of likely N-dealkylation sites (tertiary alicyclic amines) is 1. The topological polar surface area (TPSA) is 125 Å². The van der Waals surface area contributed by atoms with Gasteiger partial charge in [-0.1, -0.05) is 55.4 Å². The molecule has 9 fully saturated rings. The third-order valence-electron chi connectivity index (χ3n) is 21.8. The van der Waals surface area contributed by atoms with Crippen molar-refractivity contribution in [2.24, 2.45) is 85.2 Å². The summed E-state index contributed by atoms with van der Waals surface area (Å²) in [4.78, 5) is 58.7. The number of hydrogen-bond acceptors (Lipinski definition) is 7. The fraction of sp³-hybridized carbons (Fsp3) is 0.922. The van der Waals surface area contributed by atoms with E-state index in [2.05, 4.69) is 56.7 Å². The van der Waals surface area contributed by atoms with E-state index in [9.17, 15) is 19.5 Å². The Labute approximate surface area is 367 Å². The summed E-state index contributed by atoms with van der Waals surface area (Å²) < 4.78 is 12.0. The van der Waals surface area contributed by atoms with Crippen molar-refractivity contribution in [1.29, 1.82) is 0 Å². The van der Waals surface area contributed by atoms with Gasteiger partial charge in [0.15, 0.2) is 0 Å². The van der Waals surface area contributed by atoms with E-state index in [1.54, 1.807) is 0 Å². The molecule has 0 aromatic carbocycles. The number of fused-ring (bicyclic) bond motifs is 7. The fourth-order valence-corrected chi connectivity index (χ4v) is 17.4. The third-order valence-corrected chi connectivity index (χ3v) is 21.8. The molecule has 2 saturated heterocycles. The number of carboxylic acids is 1. The molecule has 2 aliphatic heterocycles. The van der Waals surface area contributed by atoms with Crippen molar-refractivity contribution in [2.45, 2.75) is 158 Å². The van der Waals surface area contributed by atoms with Crippen molar-refractivity contribution < 1.29 is 33.8 Å². The molecule has 2 N–H and O–H groups in total. The number of nitrogens with one attached hydrogen (secondary N) is 1. The Morgan fingerprint density at radius 2 is 1.39 bits per heavy atom. The van der Waals surface area contributed by atoms with E-state index in [-0.39, 0.29) is 56.9 Å². The zero-order chi connectivity index (χ0) is 43.5. The first kappa shape index (κ1) is 44.0. The highest BCUT2D eigenvalue weighted by Crippen LogP contribution is 2.79. The van der Waals surface area contributed by atoms with Gasteiger partial charge in [0.05, 0.1) is 30.5 Å². The first-order valence-electron chi connectivity index (χ1n) is 25.0. The first-order valence-corrected chi connectivity index (χ1v) is 25.0. The number of ether oxygens (including phenoxy) is 2. The van der Waals surface area contributed by atoms with E-state index in [0.717, 1.165) is 84.2 Å². The van der Waals surface area contributed by atoms with Gasteiger partial charge in [-0.2, -0.15) is 0 Å². The molecule has 0 radical (unpaired) electrons. The maximum atomic E-state index is 15.3. The highest BCUT2D eigenvalue weighted by atomic mass is 16.5. The van der Waals surface area contributed by atoms with Gasteiger partial charge in [-0.05, 0) is 153 Å². The standard InChI is InChI=1S/C51H81N3O7/c1-45(2)35(42(56)57)31-36(45)43(58)61-39-13-16-48(6)37(46(39,3)4)12-17-50(8)38(48)10-9-34-40-33(47(5)19-20-47)11-18-51(40,22-21-49(34,50)7)44(59)54-24-14-32(15-25-54)41(55)52-23-26-53-27-29-60-30-28-53/h32-40H,9-31H2,1-8H3,(H,52,55)(H,56,57)/t33-,34-,35+,36-,37+,38-,39+,40-,48+,49-,50-,51+/m1/s1. The number of hydrogen-bond donors (Lipinski definition) is 2. The van der Waals surface area contributed by atoms with Crippen LogP contribution in [0, 0.1) is 85.2 Å². The second kappa shape index (κ2) is 15.2. The maximum Gasteiger partial charge on any atom is 0.309 e. The van der Waals surface area contributed by atoms with Crippen molar-refractivity contribution >= 4 is 23.8 Å². The molecular formula is C51H81N3O7. The summed E-state index contributed by atoms with van der Waals surface area (Å²) in [6.45, 7) is 25.4. The Bertz CT molecular complexity index is 1750. The smallest absolute Gasteiger partial charge is 0.309 e. The van der Waals surface area contributed by atoms with Crippen LogP contribution in [0.5, 0.6) is 0 Å². The molecule has 2 amide bonds. The lowest BCUT2D eigenvalue weighted by Gasteiger charge is -2.73. The van der Waals surface area contributed by atoms with E-state index in [1.165, 1.54) is 38.5 Å². The number of esters is 1. The highest BCUT2D eigenvalue weighted by Gasteiger charge is 2.74. The summed E-state index contributed by atoms with van der Waals surface area (Å²) in [5, 5.41) is 12.9. The van der Waals surface area contributed by atoms with Gasteiger partial charge in [-0.3, -0.25) is 24.1 Å². The summed E-state index contributed by atoms with van der Waals surface area (Å²) in [5.41, 5.74) is -0.219. The number of amides is 2. The molecular weight excluding hydrogens is 767 g/mol. The summed E-state index contributed by atoms with van der Waals surface area (Å²) in [7, 11) is 0. The predicted molar refractivity (Wildman–Crippen MR) is 234 cm³/mol. The normalized spacial score (nSPS) is 44.9. The number of carboxylic acid groups (broad SMARTS) is 1. The summed E-state index contributed by atoms with van der Waals surface area (Å²) in [6.07, 6.45) is 15.3. The molecule has 7 saturated carbocycles. The molecule has 0 spiro atoms. The van der Waals surface area contributed by atoms with Gasteiger partial charge in [-0.25, -0.2) is 0 Å². The molecule has 9 rings (SSSR count). The Morgan fingerprint density at radius 1 is 0.689 bits per heavy atom. The van der Waals surface area contributed by atoms with E-state index in [4.69, 9.17) is 9.47 Å². The molecule has 10 heteroatoms. The van der Waals surface area contributed by atoms with Crippen LogP contribution in [-0.2, 0) is 28.7 Å². The predicted octanol–water partition coefficient (Wildman–Crippen LogP) is 8.21. The van der Waals surface area contributed by atoms with Crippen LogP contribution in [0.3, 0.4) is 0 Å². The van der Waals surface area contributed by atoms with Crippen LogP contribution < -0.4 is 5.32 Å². The van der Waals surface area contributed by atoms with Gasteiger partial charge < -0.3 is 24.8 Å². The number of aliphatic carboxylic acids is 1. The molecule has 12 atom stereocenters. The zero-order valence-corrected chi connectivity index (χ0v) is 39.3. The van der Waals surface area contributed by atoms with Crippen LogP contribution in [0.15, 0.2) is 0 Å². The minimum Gasteiger partial charge on any atom is -0.481 e. The van der Waals surface area contributed by atoms with Crippen molar-refractivity contribution in [3.8, 4) is 0 Å². The van der Waals surface area contributed by atoms with E-state index >= 15 is 4.79 Å². The lowest BCUT2D eigenvalue weighted by molar-refractivity contribution is -0.253. The van der Waals surface area contributed by atoms with Crippen molar-refractivity contribution in [2.75, 3.05) is 52.5 Å². The quantitative estimate of drug-likeness (QED) is 0.223. The van der Waals surface area contributed by atoms with Crippen molar-refractivity contribution in [1.82, 2.24) is 15.1 Å². The van der Waals surface area contributed by atoms with Gasteiger partial charge in [-0.15, -0.1) is 0 Å². The highest BCUT2D eigenvalue weighted by molar-refractivity contribution is 5.85. The zero-order valence-electron chi connectivity index (χ0n) is 39.3. The molecule has 0 unspecified atom stereocenters. The summed E-state index contributed by atoms with van der Waals surface area (Å²) in [6, 6.07) is 0. The molecule has 0 bridgehead atoms. The molecule has 0 aromatic rings. The fourth-order valence-electron chi connectivity index (χ4n) is 17.4. The average molecular weight is 848 g/mol. The SMILES string of the molecule is CC1([C@@H]2CC[C@]3(C(=O)N4CCC(C(=O)NCCN5CCOCC5)CC4)CC[C@]4(C)[C@H](CC[C@@H]5[C@@]6(C)CC[C@H](OC(=O)[C@H]7C[C@@H](C(=O)O)C7(C)C)C(C)(C)[C@@H]6CC[C@]54C)[C@@H]23)CC1. The Balaban J connectivity index is 0.895. The molecule has 2 heterocycles. The van der Waals surface area contributed by atoms with Gasteiger partial charge in [0, 0.05) is 50.6 Å². The van der Waals surface area contributed by atoms with Crippen LogP contribution in [0.2, 0.25) is 0 Å². The molecule has 0 aromatic heterocycles. The van der Waals surface area contributed by atoms with Gasteiger partial charge in [0.1, 0.15) is 6.10 Å². The lowest BCUT2D eigenvalue weighted by Crippen LogP contribution is -2.68. The summed E-state index contributed by atoms with van der Waals surface area (Å²) in [5.74, 6) is 1.30. The number of carbonyl (C=O) groups is 4. The Morgan fingerprint density at radius 3 is 2.05 bits per heavy atom. The Kier molecular flexibility index (Phi) is 11.0. The van der Waals surface area contributed by atoms with Gasteiger partial charge in [0.2, 0.25) is 11.8 Å². The lowest BCUT2D eigenvalue weighted by atomic mass is 9.32. The Hall–Kier alpha value is -2.20. The largest absolute Gasteiger partial charge is 0.481 e. The molecule has 10 nitrogen and oxygen atoms in total. The maximum absolute atomic E-state index is 15.3. The van der Waals surface area contributed by atoms with Crippen LogP contribution in [0.4, 0.5) is 0 Å². The van der Waals surface area contributed by atoms with Crippen LogP contribution in [0.1, 0.15) is 152 Å². The minimum absolute atomic E-state index is 0.0151. The van der Waals surface area contributed by atoms with Crippen LogP contribution >= 0.6 is 0 Å². The third kappa shape index (κ3) is 6.71. The van der Waals surface area contributed by atoms with E-state index in [1.807, 2.05) is 13.8 Å². The van der Waals surface area contributed by atoms with Gasteiger partial charge >= 0.3 is 11.9 Å². The molecule has 9 aliphatic rings. The number of piperidine rings is 1. The minimum atomic E-state index is -0.814. The van der Waals surface area contributed by atoms with E-state index < -0.39 is 17.3 Å². The molecule has 61 heavy (non-hydrogen) atoms. The van der Waals surface area contributed by atoms with Gasteiger partial charge in [0.25, 0.3) is 0 Å². The number of nitrogens with zero attached hydrogens (tertiary/aromatic N) is 2. The second-order valence-electron chi connectivity index (χ2n) is 24.7. The molecule has 342 valence electrons. The van der Waals surface area contributed by atoms with E-state index in [0.29, 0.717) is 67.0 Å².